The molecule has 0 fully saturated rings. The molecule has 0 aromatic heterocycles. The van der Waals surface area contributed by atoms with E-state index in [9.17, 15) is 4.79 Å². The molecule has 27 heavy (non-hydrogen) atoms. The molecule has 1 atom stereocenters. The van der Waals surface area contributed by atoms with Gasteiger partial charge in [-0.05, 0) is 36.2 Å². The number of benzene rings is 2. The van der Waals surface area contributed by atoms with Crippen molar-refractivity contribution < 1.29 is 9.63 Å². The predicted octanol–water partition coefficient (Wildman–Crippen LogP) is 4.72. The molecule has 0 aliphatic carbocycles. The van der Waals surface area contributed by atoms with Crippen LogP contribution in [0.15, 0.2) is 53.7 Å². The van der Waals surface area contributed by atoms with Crippen molar-refractivity contribution in [2.45, 2.75) is 26.0 Å². The number of rotatable bonds is 6. The maximum Gasteiger partial charge on any atom is 0.317 e. The van der Waals surface area contributed by atoms with Gasteiger partial charge in [-0.15, -0.1) is 0 Å². The zero-order valence-electron chi connectivity index (χ0n) is 15.0. The molecular formula is C20H21Cl2N3O2. The van der Waals surface area contributed by atoms with Gasteiger partial charge in [-0.1, -0.05) is 58.7 Å². The number of amides is 2. The van der Waals surface area contributed by atoms with Crippen LogP contribution < -0.4 is 5.32 Å². The van der Waals surface area contributed by atoms with E-state index in [1.165, 1.54) is 0 Å². The van der Waals surface area contributed by atoms with Crippen LogP contribution in [0.1, 0.15) is 24.5 Å². The second kappa shape index (κ2) is 9.11. The number of hydrogen-bond acceptors (Lipinski definition) is 3. The third kappa shape index (κ3) is 5.15. The van der Waals surface area contributed by atoms with Crippen LogP contribution in [-0.2, 0) is 11.4 Å². The van der Waals surface area contributed by atoms with E-state index >= 15 is 0 Å². The first-order chi connectivity index (χ1) is 13.1. The molecule has 1 aliphatic rings. The van der Waals surface area contributed by atoms with Gasteiger partial charge in [0.05, 0.1) is 12.3 Å². The highest BCUT2D eigenvalue weighted by Gasteiger charge is 2.27. The first-order valence-corrected chi connectivity index (χ1v) is 9.57. The van der Waals surface area contributed by atoms with Crippen LogP contribution in [0.25, 0.3) is 0 Å². The topological polar surface area (TPSA) is 53.9 Å². The van der Waals surface area contributed by atoms with Gasteiger partial charge in [0, 0.05) is 29.6 Å². The Kier molecular flexibility index (Phi) is 6.58. The van der Waals surface area contributed by atoms with E-state index in [4.69, 9.17) is 28.0 Å². The van der Waals surface area contributed by atoms with Gasteiger partial charge in [-0.3, -0.25) is 0 Å². The molecule has 2 aromatic rings. The fraction of sp³-hybridized carbons (Fsp3) is 0.300. The zero-order chi connectivity index (χ0) is 19.2. The molecule has 5 nitrogen and oxygen atoms in total. The Labute approximate surface area is 168 Å². The minimum absolute atomic E-state index is 0.152. The summed E-state index contributed by atoms with van der Waals surface area (Å²) in [7, 11) is 0. The lowest BCUT2D eigenvalue weighted by Gasteiger charge is -2.25. The van der Waals surface area contributed by atoms with Gasteiger partial charge in [0.2, 0.25) is 0 Å². The Morgan fingerprint density at radius 3 is 2.67 bits per heavy atom. The molecular weight excluding hydrogens is 385 g/mol. The van der Waals surface area contributed by atoms with Crippen molar-refractivity contribution >= 4 is 34.9 Å². The Balaban J connectivity index is 1.67. The quantitative estimate of drug-likeness (QED) is 0.755. The summed E-state index contributed by atoms with van der Waals surface area (Å²) < 4.78 is 0. The third-order valence-corrected chi connectivity index (χ3v) is 4.89. The lowest BCUT2D eigenvalue weighted by atomic mass is 10.0. The van der Waals surface area contributed by atoms with E-state index in [0.717, 1.165) is 16.8 Å². The first-order valence-electron chi connectivity index (χ1n) is 8.81. The lowest BCUT2D eigenvalue weighted by molar-refractivity contribution is 0.0590. The van der Waals surface area contributed by atoms with E-state index < -0.39 is 0 Å². The molecule has 0 radical (unpaired) electrons. The number of nitrogens with one attached hydrogen (secondary N) is 1. The van der Waals surface area contributed by atoms with Crippen molar-refractivity contribution in [2.24, 2.45) is 5.16 Å². The lowest BCUT2D eigenvalue weighted by Crippen LogP contribution is -2.43. The van der Waals surface area contributed by atoms with Crippen molar-refractivity contribution in [3.63, 3.8) is 0 Å². The van der Waals surface area contributed by atoms with E-state index in [1.807, 2.05) is 55.5 Å². The molecule has 1 aliphatic heterocycles. The van der Waals surface area contributed by atoms with Crippen molar-refractivity contribution in [3.8, 4) is 0 Å². The number of halogens is 2. The Morgan fingerprint density at radius 2 is 1.96 bits per heavy atom. The minimum Gasteiger partial charge on any atom is -0.390 e. The number of urea groups is 1. The first kappa shape index (κ1) is 19.5. The summed E-state index contributed by atoms with van der Waals surface area (Å²) in [5.41, 5.74) is 2.71. The van der Waals surface area contributed by atoms with Crippen molar-refractivity contribution in [3.05, 3.63) is 69.7 Å². The average Bonchev–Trinajstić information content (AvgIpc) is 3.12. The second-order valence-corrected chi connectivity index (χ2v) is 7.13. The van der Waals surface area contributed by atoms with Crippen molar-refractivity contribution in [1.29, 1.82) is 0 Å². The largest absolute Gasteiger partial charge is 0.390 e. The van der Waals surface area contributed by atoms with Crippen molar-refractivity contribution in [1.82, 2.24) is 10.2 Å². The molecule has 2 amide bonds. The van der Waals surface area contributed by atoms with Gasteiger partial charge < -0.3 is 15.1 Å². The summed E-state index contributed by atoms with van der Waals surface area (Å²) in [6.45, 7) is 3.26. The van der Waals surface area contributed by atoms with Crippen LogP contribution in [0.5, 0.6) is 0 Å². The highest BCUT2D eigenvalue weighted by molar-refractivity contribution is 6.31. The summed E-state index contributed by atoms with van der Waals surface area (Å²) in [6.07, 6.45) is 0.417. The molecule has 1 heterocycles. The molecule has 1 N–H and O–H groups in total. The molecule has 3 rings (SSSR count). The fourth-order valence-electron chi connectivity index (χ4n) is 2.90. The smallest absolute Gasteiger partial charge is 0.317 e. The van der Waals surface area contributed by atoms with Gasteiger partial charge >= 0.3 is 6.03 Å². The van der Waals surface area contributed by atoms with Crippen LogP contribution in [-0.4, -0.2) is 35.8 Å². The number of carbonyl (C=O) groups excluding carboxylic acids is 1. The van der Waals surface area contributed by atoms with Gasteiger partial charge in [0.15, 0.2) is 6.10 Å². The molecule has 7 heteroatoms. The highest BCUT2D eigenvalue weighted by Crippen LogP contribution is 2.22. The minimum atomic E-state index is -0.208. The zero-order valence-corrected chi connectivity index (χ0v) is 16.5. The predicted molar refractivity (Wildman–Crippen MR) is 108 cm³/mol. The van der Waals surface area contributed by atoms with E-state index in [0.29, 0.717) is 36.1 Å². The molecule has 0 saturated heterocycles. The summed E-state index contributed by atoms with van der Waals surface area (Å²) in [6, 6.07) is 14.8. The van der Waals surface area contributed by atoms with E-state index in [1.54, 1.807) is 4.90 Å². The Bertz CT molecular complexity index is 824. The maximum atomic E-state index is 12.5. The van der Waals surface area contributed by atoms with Gasteiger partial charge in [0.1, 0.15) is 0 Å². The molecule has 0 bridgehead atoms. The summed E-state index contributed by atoms with van der Waals surface area (Å²) in [5, 5.41) is 8.35. The molecule has 2 aromatic carbocycles. The van der Waals surface area contributed by atoms with Gasteiger partial charge in [-0.2, -0.15) is 0 Å². The number of nitrogens with zero attached hydrogens (tertiary/aromatic N) is 2. The van der Waals surface area contributed by atoms with Crippen LogP contribution in [0.4, 0.5) is 4.79 Å². The van der Waals surface area contributed by atoms with Crippen LogP contribution >= 0.6 is 23.2 Å². The Morgan fingerprint density at radius 1 is 1.22 bits per heavy atom. The summed E-state index contributed by atoms with van der Waals surface area (Å²) in [5.74, 6) is 0. The van der Waals surface area contributed by atoms with E-state index in [-0.39, 0.29) is 12.1 Å². The SMILES string of the molecule is CCNC(=O)N(Cc1ccccc1Cl)C[C@H]1CC(c2ccc(Cl)cc2)=NO1. The summed E-state index contributed by atoms with van der Waals surface area (Å²) in [4.78, 5) is 19.8. The highest BCUT2D eigenvalue weighted by atomic mass is 35.5. The number of oxime groups is 1. The average molecular weight is 406 g/mol. The summed E-state index contributed by atoms with van der Waals surface area (Å²) >= 11 is 12.2. The maximum absolute atomic E-state index is 12.5. The third-order valence-electron chi connectivity index (χ3n) is 4.27. The van der Waals surface area contributed by atoms with Gasteiger partial charge in [-0.25, -0.2) is 4.79 Å². The monoisotopic (exact) mass is 405 g/mol. The fourth-order valence-corrected chi connectivity index (χ4v) is 3.22. The van der Waals surface area contributed by atoms with Gasteiger partial charge in [0.25, 0.3) is 0 Å². The normalized spacial score (nSPS) is 15.8. The number of carbonyl (C=O) groups is 1. The van der Waals surface area contributed by atoms with Crippen LogP contribution in [0.2, 0.25) is 10.0 Å². The number of hydrogen-bond donors (Lipinski definition) is 1. The second-order valence-electron chi connectivity index (χ2n) is 6.28. The molecule has 142 valence electrons. The van der Waals surface area contributed by atoms with Crippen LogP contribution in [0, 0.1) is 0 Å². The standard InChI is InChI=1S/C20H21Cl2N3O2/c1-2-23-20(26)25(12-15-5-3-4-6-18(15)22)13-17-11-19(24-27-17)14-7-9-16(21)10-8-14/h3-10,17H,2,11-13H2,1H3,(H,23,26)/t17-/m1/s1. The molecule has 0 saturated carbocycles. The molecule has 0 unspecified atom stereocenters. The van der Waals surface area contributed by atoms with Crippen molar-refractivity contribution in [2.75, 3.05) is 13.1 Å². The molecule has 0 spiro atoms. The van der Waals surface area contributed by atoms with Crippen LogP contribution in [0.3, 0.4) is 0 Å². The Hall–Kier alpha value is -2.24. The van der Waals surface area contributed by atoms with E-state index in [2.05, 4.69) is 10.5 Å².